The topological polar surface area (TPSA) is 85.6 Å². The molecule has 2 unspecified atom stereocenters. The van der Waals surface area contributed by atoms with E-state index in [1.54, 1.807) is 4.90 Å². The van der Waals surface area contributed by atoms with Gasteiger partial charge in [0.05, 0.1) is 17.1 Å². The fourth-order valence-electron chi connectivity index (χ4n) is 2.69. The summed E-state index contributed by atoms with van der Waals surface area (Å²) in [6.07, 6.45) is 2.94. The lowest BCUT2D eigenvalue weighted by Crippen LogP contribution is -2.45. The van der Waals surface area contributed by atoms with Crippen molar-refractivity contribution in [3.8, 4) is 0 Å². The van der Waals surface area contributed by atoms with Gasteiger partial charge in [-0.15, -0.1) is 0 Å². The Morgan fingerprint density at radius 3 is 2.70 bits per heavy atom. The molecular formula is C12H12ClN3O4. The molecule has 0 radical (unpaired) electrons. The highest BCUT2D eigenvalue weighted by Gasteiger charge is 2.37. The summed E-state index contributed by atoms with van der Waals surface area (Å²) < 4.78 is 5.65. The van der Waals surface area contributed by atoms with Gasteiger partial charge in [0, 0.05) is 13.1 Å². The van der Waals surface area contributed by atoms with Crippen molar-refractivity contribution in [2.24, 2.45) is 0 Å². The number of aromatic nitrogens is 1. The van der Waals surface area contributed by atoms with Gasteiger partial charge in [0.2, 0.25) is 0 Å². The predicted octanol–water partition coefficient (Wildman–Crippen LogP) is 1.65. The van der Waals surface area contributed by atoms with Crippen LogP contribution < -0.4 is 0 Å². The third kappa shape index (κ3) is 2.34. The average molecular weight is 298 g/mol. The van der Waals surface area contributed by atoms with Crippen molar-refractivity contribution in [3.05, 3.63) is 33.1 Å². The van der Waals surface area contributed by atoms with Crippen LogP contribution in [0.15, 0.2) is 12.3 Å². The molecule has 8 heteroatoms. The minimum atomic E-state index is -0.619. The Morgan fingerprint density at radius 1 is 1.45 bits per heavy atom. The molecule has 1 aromatic rings. The Hall–Kier alpha value is -1.73. The van der Waals surface area contributed by atoms with Crippen LogP contribution in [0.5, 0.6) is 0 Å². The average Bonchev–Trinajstić information content (AvgIpc) is 2.76. The molecule has 0 aliphatic carbocycles. The summed E-state index contributed by atoms with van der Waals surface area (Å²) in [5.74, 6) is -0.388. The highest BCUT2D eigenvalue weighted by atomic mass is 35.5. The van der Waals surface area contributed by atoms with E-state index in [4.69, 9.17) is 16.3 Å². The van der Waals surface area contributed by atoms with E-state index in [-0.39, 0.29) is 34.5 Å². The lowest BCUT2D eigenvalue weighted by Gasteiger charge is -2.32. The summed E-state index contributed by atoms with van der Waals surface area (Å²) in [5, 5.41) is 11.1. The van der Waals surface area contributed by atoms with Gasteiger partial charge in [-0.3, -0.25) is 14.9 Å². The minimum Gasteiger partial charge on any atom is -0.371 e. The minimum absolute atomic E-state index is 0.0173. The van der Waals surface area contributed by atoms with Crippen LogP contribution in [0.2, 0.25) is 5.15 Å². The van der Waals surface area contributed by atoms with Crippen molar-refractivity contribution >= 4 is 23.2 Å². The van der Waals surface area contributed by atoms with E-state index in [2.05, 4.69) is 4.98 Å². The number of carbonyl (C=O) groups excluding carboxylic acids is 1. The fourth-order valence-corrected chi connectivity index (χ4v) is 2.85. The van der Waals surface area contributed by atoms with Crippen LogP contribution in [-0.4, -0.2) is 46.0 Å². The van der Waals surface area contributed by atoms with Crippen molar-refractivity contribution in [1.82, 2.24) is 9.88 Å². The van der Waals surface area contributed by atoms with E-state index in [0.29, 0.717) is 13.1 Å². The molecule has 1 aromatic heterocycles. The van der Waals surface area contributed by atoms with Gasteiger partial charge in [0.25, 0.3) is 11.6 Å². The number of rotatable bonds is 2. The number of amides is 1. The summed E-state index contributed by atoms with van der Waals surface area (Å²) in [4.78, 5) is 28.1. The van der Waals surface area contributed by atoms with Gasteiger partial charge >= 0.3 is 0 Å². The maximum absolute atomic E-state index is 12.5. The van der Waals surface area contributed by atoms with E-state index < -0.39 is 4.92 Å². The van der Waals surface area contributed by atoms with Gasteiger partial charge < -0.3 is 9.64 Å². The van der Waals surface area contributed by atoms with E-state index in [0.717, 1.165) is 19.0 Å². The zero-order chi connectivity index (χ0) is 14.3. The number of nitrogens with zero attached hydrogens (tertiary/aromatic N) is 3. The van der Waals surface area contributed by atoms with Crippen LogP contribution in [0.1, 0.15) is 23.2 Å². The molecule has 0 aromatic carbocycles. The van der Waals surface area contributed by atoms with Crippen molar-refractivity contribution in [3.63, 3.8) is 0 Å². The van der Waals surface area contributed by atoms with Gasteiger partial charge in [-0.1, -0.05) is 11.6 Å². The molecule has 3 rings (SSSR count). The molecule has 2 aliphatic rings. The maximum Gasteiger partial charge on any atom is 0.300 e. The first-order valence-corrected chi connectivity index (χ1v) is 6.67. The quantitative estimate of drug-likeness (QED) is 0.470. The molecule has 7 nitrogen and oxygen atoms in total. The van der Waals surface area contributed by atoms with E-state index >= 15 is 0 Å². The number of halogens is 1. The first kappa shape index (κ1) is 13.3. The summed E-state index contributed by atoms with van der Waals surface area (Å²) in [6, 6.07) is 1.25. The second-order valence-corrected chi connectivity index (χ2v) is 5.34. The van der Waals surface area contributed by atoms with Crippen molar-refractivity contribution < 1.29 is 14.5 Å². The fraction of sp³-hybridized carbons (Fsp3) is 0.500. The van der Waals surface area contributed by atoms with Crippen LogP contribution in [0.25, 0.3) is 0 Å². The number of likely N-dealkylation sites (tertiary alicyclic amines) is 1. The van der Waals surface area contributed by atoms with Gasteiger partial charge in [-0.25, -0.2) is 4.98 Å². The van der Waals surface area contributed by atoms with Crippen molar-refractivity contribution in [1.29, 1.82) is 0 Å². The Morgan fingerprint density at radius 2 is 2.10 bits per heavy atom. The predicted molar refractivity (Wildman–Crippen MR) is 69.7 cm³/mol. The third-order valence-corrected chi connectivity index (χ3v) is 3.81. The summed E-state index contributed by atoms with van der Waals surface area (Å²) in [7, 11) is 0. The Balaban J connectivity index is 1.90. The summed E-state index contributed by atoms with van der Waals surface area (Å²) in [5.41, 5.74) is -0.338. The molecule has 0 N–H and O–H groups in total. The molecule has 3 heterocycles. The van der Waals surface area contributed by atoms with Gasteiger partial charge in [-0.2, -0.15) is 0 Å². The molecule has 2 aliphatic heterocycles. The second-order valence-electron chi connectivity index (χ2n) is 4.95. The van der Waals surface area contributed by atoms with Crippen LogP contribution in [-0.2, 0) is 4.74 Å². The first-order chi connectivity index (χ1) is 9.54. The largest absolute Gasteiger partial charge is 0.371 e. The van der Waals surface area contributed by atoms with E-state index in [1.165, 1.54) is 6.07 Å². The first-order valence-electron chi connectivity index (χ1n) is 6.29. The normalized spacial score (nSPS) is 24.8. The maximum atomic E-state index is 12.5. The number of nitro groups is 1. The Bertz CT molecular complexity index is 568. The molecule has 106 valence electrons. The summed E-state index contributed by atoms with van der Waals surface area (Å²) >= 11 is 5.75. The highest BCUT2D eigenvalue weighted by molar-refractivity contribution is 6.29. The van der Waals surface area contributed by atoms with Crippen LogP contribution in [0.4, 0.5) is 5.69 Å². The van der Waals surface area contributed by atoms with Crippen LogP contribution >= 0.6 is 11.6 Å². The number of pyridine rings is 1. The SMILES string of the molecule is O=C(c1cc(Cl)ncc1[N+](=O)[O-])N1CC2CCC(C1)O2. The van der Waals surface area contributed by atoms with Crippen molar-refractivity contribution in [2.75, 3.05) is 13.1 Å². The molecule has 2 saturated heterocycles. The number of hydrogen-bond acceptors (Lipinski definition) is 5. The second kappa shape index (κ2) is 4.99. The Labute approximate surface area is 119 Å². The highest BCUT2D eigenvalue weighted by Crippen LogP contribution is 2.29. The smallest absolute Gasteiger partial charge is 0.300 e. The molecule has 2 fully saturated rings. The molecule has 0 saturated carbocycles. The zero-order valence-electron chi connectivity index (χ0n) is 10.5. The lowest BCUT2D eigenvalue weighted by atomic mass is 10.2. The number of hydrogen-bond donors (Lipinski definition) is 0. The van der Waals surface area contributed by atoms with Gasteiger partial charge in [0.15, 0.2) is 0 Å². The van der Waals surface area contributed by atoms with Crippen LogP contribution in [0, 0.1) is 10.1 Å². The number of ether oxygens (including phenoxy) is 1. The van der Waals surface area contributed by atoms with E-state index in [9.17, 15) is 14.9 Å². The van der Waals surface area contributed by atoms with Gasteiger partial charge in [0.1, 0.15) is 16.9 Å². The lowest BCUT2D eigenvalue weighted by molar-refractivity contribution is -0.385. The number of fused-ring (bicyclic) bond motifs is 2. The monoisotopic (exact) mass is 297 g/mol. The number of morpholine rings is 1. The van der Waals surface area contributed by atoms with Crippen LogP contribution in [0.3, 0.4) is 0 Å². The van der Waals surface area contributed by atoms with E-state index in [1.807, 2.05) is 0 Å². The molecule has 2 atom stereocenters. The Kier molecular flexibility index (Phi) is 3.31. The summed E-state index contributed by atoms with van der Waals surface area (Å²) in [6.45, 7) is 0.929. The molecule has 20 heavy (non-hydrogen) atoms. The number of carbonyl (C=O) groups is 1. The third-order valence-electron chi connectivity index (χ3n) is 3.61. The molecular weight excluding hydrogens is 286 g/mol. The zero-order valence-corrected chi connectivity index (χ0v) is 11.2. The van der Waals surface area contributed by atoms with Gasteiger partial charge in [-0.05, 0) is 18.9 Å². The molecule has 2 bridgehead atoms. The molecule has 1 amide bonds. The standard InChI is InChI=1S/C12H12ClN3O4/c13-11-3-9(10(4-14-11)16(18)19)12(17)15-5-7-1-2-8(6-15)20-7/h3-4,7-8H,1-2,5-6H2. The van der Waals surface area contributed by atoms with Crippen molar-refractivity contribution in [2.45, 2.75) is 25.0 Å². The molecule has 0 spiro atoms.